The predicted octanol–water partition coefficient (Wildman–Crippen LogP) is 3.21. The zero-order valence-electron chi connectivity index (χ0n) is 10.9. The van der Waals surface area contributed by atoms with Gasteiger partial charge in [0.25, 0.3) is 0 Å². The van der Waals surface area contributed by atoms with Gasteiger partial charge in [0.1, 0.15) is 17.5 Å². The van der Waals surface area contributed by atoms with Crippen LogP contribution >= 0.6 is 0 Å². The van der Waals surface area contributed by atoms with Crippen molar-refractivity contribution in [3.63, 3.8) is 0 Å². The van der Waals surface area contributed by atoms with Gasteiger partial charge in [-0.25, -0.2) is 4.79 Å². The second-order valence-corrected chi connectivity index (χ2v) is 3.94. The van der Waals surface area contributed by atoms with Gasteiger partial charge in [0.2, 0.25) is 0 Å². The molecule has 2 N–H and O–H groups in total. The highest BCUT2D eigenvalue weighted by atomic mass is 16.5. The van der Waals surface area contributed by atoms with Crippen molar-refractivity contribution in [2.24, 2.45) is 0 Å². The average molecular weight is 267 g/mol. The third kappa shape index (κ3) is 3.06. The molecule has 0 unspecified atom stereocenters. The molecule has 2 aromatic rings. The average Bonchev–Trinajstić information content (AvgIpc) is 2.48. The van der Waals surface area contributed by atoms with E-state index in [0.717, 1.165) is 0 Å². The van der Waals surface area contributed by atoms with E-state index in [1.165, 1.54) is 7.11 Å². The highest BCUT2D eigenvalue weighted by molar-refractivity contribution is 6.01. The fraction of sp³-hybridized carbons (Fsp3) is 0.0667. The Morgan fingerprint density at radius 1 is 1.10 bits per heavy atom. The summed E-state index contributed by atoms with van der Waals surface area (Å²) in [6.45, 7) is 0. The van der Waals surface area contributed by atoms with E-state index in [1.807, 2.05) is 24.3 Å². The number of urea groups is 1. The van der Waals surface area contributed by atoms with Crippen molar-refractivity contribution in [3.05, 3.63) is 54.1 Å². The normalized spacial score (nSPS) is 9.40. The summed E-state index contributed by atoms with van der Waals surface area (Å²) in [4.78, 5) is 11.9. The number of benzene rings is 2. The van der Waals surface area contributed by atoms with Gasteiger partial charge in [-0.3, -0.25) is 0 Å². The van der Waals surface area contributed by atoms with Crippen LogP contribution in [0.2, 0.25) is 0 Å². The van der Waals surface area contributed by atoms with E-state index >= 15 is 0 Å². The number of ether oxygens (including phenoxy) is 1. The molecule has 0 radical (unpaired) electrons. The summed E-state index contributed by atoms with van der Waals surface area (Å²) in [5.74, 6) is 0.437. The molecule has 2 aromatic carbocycles. The van der Waals surface area contributed by atoms with Gasteiger partial charge in [-0.15, -0.1) is 0 Å². The number of hydrogen-bond donors (Lipinski definition) is 2. The maximum absolute atomic E-state index is 11.9. The summed E-state index contributed by atoms with van der Waals surface area (Å²) >= 11 is 0. The van der Waals surface area contributed by atoms with E-state index in [4.69, 9.17) is 10.00 Å². The monoisotopic (exact) mass is 267 g/mol. The van der Waals surface area contributed by atoms with Crippen LogP contribution in [-0.2, 0) is 0 Å². The van der Waals surface area contributed by atoms with Gasteiger partial charge in [0.05, 0.1) is 12.7 Å². The van der Waals surface area contributed by atoms with Gasteiger partial charge in [-0.1, -0.05) is 24.3 Å². The molecular weight excluding hydrogens is 254 g/mol. The van der Waals surface area contributed by atoms with Gasteiger partial charge >= 0.3 is 6.03 Å². The highest BCUT2D eigenvalue weighted by Gasteiger charge is 2.12. The van der Waals surface area contributed by atoms with Gasteiger partial charge < -0.3 is 15.4 Å². The molecule has 0 spiro atoms. The first kappa shape index (κ1) is 13.4. The Morgan fingerprint density at radius 3 is 2.50 bits per heavy atom. The lowest BCUT2D eigenvalue weighted by atomic mass is 10.2. The van der Waals surface area contributed by atoms with Crippen LogP contribution in [-0.4, -0.2) is 13.1 Å². The SMILES string of the molecule is COc1cccc(C#N)c1NC(=O)Nc1ccccc1. The van der Waals surface area contributed by atoms with Gasteiger partial charge in [0, 0.05) is 5.69 Å². The first-order chi connectivity index (χ1) is 9.74. The number of amides is 2. The van der Waals surface area contributed by atoms with E-state index < -0.39 is 6.03 Å². The summed E-state index contributed by atoms with van der Waals surface area (Å²) in [6.07, 6.45) is 0. The minimum Gasteiger partial charge on any atom is -0.495 e. The van der Waals surface area contributed by atoms with E-state index in [2.05, 4.69) is 10.6 Å². The predicted molar refractivity (Wildman–Crippen MR) is 76.8 cm³/mol. The van der Waals surface area contributed by atoms with Crippen LogP contribution in [0.25, 0.3) is 0 Å². The summed E-state index contributed by atoms with van der Waals surface area (Å²) in [5.41, 5.74) is 1.36. The van der Waals surface area contributed by atoms with Crippen LogP contribution in [0, 0.1) is 11.3 Å². The molecule has 5 nitrogen and oxygen atoms in total. The van der Waals surface area contributed by atoms with Crippen molar-refractivity contribution in [2.45, 2.75) is 0 Å². The van der Waals surface area contributed by atoms with E-state index in [-0.39, 0.29) is 0 Å². The van der Waals surface area contributed by atoms with Crippen molar-refractivity contribution in [1.82, 2.24) is 0 Å². The molecule has 0 saturated carbocycles. The van der Waals surface area contributed by atoms with E-state index in [9.17, 15) is 4.79 Å². The number of carbonyl (C=O) groups is 1. The number of nitriles is 1. The second-order valence-electron chi connectivity index (χ2n) is 3.94. The Balaban J connectivity index is 2.18. The Hall–Kier alpha value is -3.00. The second kappa shape index (κ2) is 6.25. The fourth-order valence-electron chi connectivity index (χ4n) is 1.72. The van der Waals surface area contributed by atoms with Crippen molar-refractivity contribution in [3.8, 4) is 11.8 Å². The number of hydrogen-bond acceptors (Lipinski definition) is 3. The number of nitrogens with zero attached hydrogens (tertiary/aromatic N) is 1. The number of nitrogens with one attached hydrogen (secondary N) is 2. The lowest BCUT2D eigenvalue weighted by Gasteiger charge is -2.12. The molecule has 0 aliphatic rings. The molecule has 0 bridgehead atoms. The van der Waals surface area contributed by atoms with Crippen LogP contribution in [0.15, 0.2) is 48.5 Å². The molecule has 2 rings (SSSR count). The molecule has 0 aliphatic heterocycles. The molecule has 0 heterocycles. The first-order valence-electron chi connectivity index (χ1n) is 5.94. The Kier molecular flexibility index (Phi) is 4.20. The fourth-order valence-corrected chi connectivity index (χ4v) is 1.72. The number of anilines is 2. The zero-order valence-corrected chi connectivity index (χ0v) is 10.9. The number of methoxy groups -OCH3 is 1. The Morgan fingerprint density at radius 2 is 1.85 bits per heavy atom. The molecule has 0 saturated heterocycles. The minimum atomic E-state index is -0.433. The largest absolute Gasteiger partial charge is 0.495 e. The minimum absolute atomic E-state index is 0.340. The van der Waals surface area contributed by atoms with Gasteiger partial charge in [-0.05, 0) is 24.3 Å². The van der Waals surface area contributed by atoms with Crippen LogP contribution in [0.5, 0.6) is 5.75 Å². The number of rotatable bonds is 3. The molecular formula is C15H13N3O2. The molecule has 5 heteroatoms. The highest BCUT2D eigenvalue weighted by Crippen LogP contribution is 2.27. The molecule has 0 atom stereocenters. The van der Waals surface area contributed by atoms with E-state index in [1.54, 1.807) is 30.3 Å². The van der Waals surface area contributed by atoms with Crippen LogP contribution in [0.1, 0.15) is 5.56 Å². The maximum atomic E-state index is 11.9. The van der Waals surface area contributed by atoms with Crippen molar-refractivity contribution >= 4 is 17.4 Å². The topological polar surface area (TPSA) is 74.1 Å². The van der Waals surface area contributed by atoms with Crippen LogP contribution in [0.4, 0.5) is 16.2 Å². The summed E-state index contributed by atoms with van der Waals surface area (Å²) in [7, 11) is 1.48. The Labute approximate surface area is 116 Å². The standard InChI is InChI=1S/C15H13N3O2/c1-20-13-9-5-6-11(10-16)14(13)18-15(19)17-12-7-3-2-4-8-12/h2-9H,1H3,(H2,17,18,19). The first-order valence-corrected chi connectivity index (χ1v) is 5.94. The van der Waals surface area contributed by atoms with Crippen molar-refractivity contribution in [1.29, 1.82) is 5.26 Å². The number of para-hydroxylation sites is 2. The van der Waals surface area contributed by atoms with Crippen LogP contribution in [0.3, 0.4) is 0 Å². The number of carbonyl (C=O) groups excluding carboxylic acids is 1. The van der Waals surface area contributed by atoms with Crippen molar-refractivity contribution < 1.29 is 9.53 Å². The van der Waals surface area contributed by atoms with Crippen LogP contribution < -0.4 is 15.4 Å². The summed E-state index contributed by atoms with van der Waals surface area (Å²) < 4.78 is 5.15. The zero-order chi connectivity index (χ0) is 14.4. The lowest BCUT2D eigenvalue weighted by molar-refractivity contribution is 0.262. The molecule has 0 aromatic heterocycles. The van der Waals surface area contributed by atoms with Crippen molar-refractivity contribution in [2.75, 3.05) is 17.7 Å². The lowest BCUT2D eigenvalue weighted by Crippen LogP contribution is -2.20. The van der Waals surface area contributed by atoms with E-state index in [0.29, 0.717) is 22.7 Å². The Bertz CT molecular complexity index is 648. The smallest absolute Gasteiger partial charge is 0.323 e. The third-order valence-corrected chi connectivity index (χ3v) is 2.64. The molecule has 2 amide bonds. The molecule has 100 valence electrons. The van der Waals surface area contributed by atoms with Gasteiger partial charge in [0.15, 0.2) is 0 Å². The molecule has 20 heavy (non-hydrogen) atoms. The summed E-state index contributed by atoms with van der Waals surface area (Å²) in [6, 6.07) is 15.6. The molecule has 0 aliphatic carbocycles. The van der Waals surface area contributed by atoms with Gasteiger partial charge in [-0.2, -0.15) is 5.26 Å². The maximum Gasteiger partial charge on any atom is 0.323 e. The quantitative estimate of drug-likeness (QED) is 0.896. The molecule has 0 fully saturated rings. The summed E-state index contributed by atoms with van der Waals surface area (Å²) in [5, 5.41) is 14.4. The third-order valence-electron chi connectivity index (χ3n) is 2.64.